The highest BCUT2D eigenvalue weighted by molar-refractivity contribution is 6.30. The second-order valence-corrected chi connectivity index (χ2v) is 9.38. The van der Waals surface area contributed by atoms with Crippen molar-refractivity contribution in [1.29, 1.82) is 0 Å². The molecule has 202 valence electrons. The van der Waals surface area contributed by atoms with E-state index in [1.165, 1.54) is 18.3 Å². The Bertz CT molecular complexity index is 1210. The largest absolute Gasteiger partial charge is 0.461 e. The van der Waals surface area contributed by atoms with Crippen LogP contribution in [-0.2, 0) is 12.0 Å². The number of aromatic nitrogens is 1. The number of carbonyl (C=O) groups is 1. The first-order chi connectivity index (χ1) is 18.2. The van der Waals surface area contributed by atoms with Gasteiger partial charge in [0.05, 0.1) is 10.7 Å². The van der Waals surface area contributed by atoms with Gasteiger partial charge in [0.2, 0.25) is 0 Å². The van der Waals surface area contributed by atoms with E-state index in [2.05, 4.69) is 20.4 Å². The van der Waals surface area contributed by atoms with Crippen LogP contribution in [0.15, 0.2) is 72.9 Å². The van der Waals surface area contributed by atoms with E-state index in [0.717, 1.165) is 24.6 Å². The van der Waals surface area contributed by atoms with E-state index in [4.69, 9.17) is 11.6 Å². The monoisotopic (exact) mass is 550 g/mol. The molecule has 1 saturated heterocycles. The highest BCUT2D eigenvalue weighted by Crippen LogP contribution is 2.36. The zero-order chi connectivity index (χ0) is 27.2. The van der Waals surface area contributed by atoms with E-state index >= 15 is 0 Å². The first-order valence-corrected chi connectivity index (χ1v) is 12.5. The Morgan fingerprint density at radius 2 is 1.87 bits per heavy atom. The van der Waals surface area contributed by atoms with Gasteiger partial charge >= 0.3 is 18.6 Å². The van der Waals surface area contributed by atoms with Gasteiger partial charge in [0.15, 0.2) is 0 Å². The molecule has 1 aliphatic rings. The standard InChI is InChI=1S/C27H27ClF4N4O2/c28-21-10-11-23(34-18-21)26(17-19-6-2-1-3-7-19,35-25(37)36-14-5-12-33-13-15-36)20-8-4-9-22(16-20)38-27(31,32)24(29)30/h1-4,6-11,16,18,24,33H,5,12-15,17H2,(H,35,37). The molecule has 0 saturated carbocycles. The fourth-order valence-electron chi connectivity index (χ4n) is 4.39. The van der Waals surface area contributed by atoms with Gasteiger partial charge in [0, 0.05) is 32.3 Å². The van der Waals surface area contributed by atoms with Gasteiger partial charge in [-0.1, -0.05) is 54.1 Å². The molecule has 1 unspecified atom stereocenters. The van der Waals surface area contributed by atoms with Crippen molar-refractivity contribution in [2.45, 2.75) is 30.9 Å². The van der Waals surface area contributed by atoms with E-state index in [9.17, 15) is 22.4 Å². The van der Waals surface area contributed by atoms with Gasteiger partial charge in [-0.3, -0.25) is 4.98 Å². The van der Waals surface area contributed by atoms with Gasteiger partial charge in [-0.25, -0.2) is 4.79 Å². The van der Waals surface area contributed by atoms with Gasteiger partial charge in [-0.15, -0.1) is 0 Å². The highest BCUT2D eigenvalue weighted by atomic mass is 35.5. The van der Waals surface area contributed by atoms with Crippen molar-refractivity contribution >= 4 is 17.6 Å². The predicted octanol–water partition coefficient (Wildman–Crippen LogP) is 5.46. The normalized spacial score (nSPS) is 16.0. The van der Waals surface area contributed by atoms with Gasteiger partial charge in [-0.05, 0) is 48.4 Å². The maximum Gasteiger partial charge on any atom is 0.461 e. The average Bonchev–Trinajstić information content (AvgIpc) is 3.19. The first-order valence-electron chi connectivity index (χ1n) is 12.1. The molecule has 0 radical (unpaired) electrons. The minimum absolute atomic E-state index is 0.176. The molecule has 2 N–H and O–H groups in total. The zero-order valence-corrected chi connectivity index (χ0v) is 21.1. The summed E-state index contributed by atoms with van der Waals surface area (Å²) in [6.07, 6.45) is -6.36. The van der Waals surface area contributed by atoms with Crippen molar-refractivity contribution in [3.05, 3.63) is 94.8 Å². The second kappa shape index (κ2) is 12.0. The summed E-state index contributed by atoms with van der Waals surface area (Å²) in [6, 6.07) is 17.5. The lowest BCUT2D eigenvalue weighted by molar-refractivity contribution is -0.253. The molecule has 11 heteroatoms. The number of nitrogens with one attached hydrogen (secondary N) is 2. The van der Waals surface area contributed by atoms with Crippen LogP contribution in [0.3, 0.4) is 0 Å². The number of amides is 2. The minimum Gasteiger partial charge on any atom is -0.428 e. The number of alkyl halides is 4. The van der Waals surface area contributed by atoms with Crippen molar-refractivity contribution in [2.24, 2.45) is 0 Å². The Morgan fingerprint density at radius 1 is 1.08 bits per heavy atom. The van der Waals surface area contributed by atoms with Crippen LogP contribution in [0.2, 0.25) is 5.02 Å². The lowest BCUT2D eigenvalue weighted by Gasteiger charge is -2.37. The van der Waals surface area contributed by atoms with E-state index in [1.54, 1.807) is 23.1 Å². The van der Waals surface area contributed by atoms with Crippen LogP contribution < -0.4 is 15.4 Å². The molecule has 6 nitrogen and oxygen atoms in total. The maximum absolute atomic E-state index is 13.8. The molecule has 4 rings (SSSR count). The number of halogens is 5. The van der Waals surface area contributed by atoms with Crippen molar-refractivity contribution in [1.82, 2.24) is 20.5 Å². The number of ether oxygens (including phenoxy) is 1. The third-order valence-corrected chi connectivity index (χ3v) is 6.48. The molecule has 2 heterocycles. The molecule has 0 spiro atoms. The molecule has 1 fully saturated rings. The SMILES string of the molecule is O=C(NC(Cc1ccccc1)(c1cccc(OC(F)(F)C(F)F)c1)c1ccc(Cl)cn1)N1CCCNCC1. The molecule has 1 aromatic heterocycles. The van der Waals surface area contributed by atoms with Crippen LogP contribution in [0.1, 0.15) is 23.2 Å². The molecule has 2 amide bonds. The molecule has 1 atom stereocenters. The molecular formula is C27H27ClF4N4O2. The highest BCUT2D eigenvalue weighted by Gasteiger charge is 2.45. The van der Waals surface area contributed by atoms with Crippen LogP contribution >= 0.6 is 11.6 Å². The van der Waals surface area contributed by atoms with Crippen molar-refractivity contribution < 1.29 is 27.1 Å². The van der Waals surface area contributed by atoms with Gasteiger partial charge in [-0.2, -0.15) is 17.6 Å². The quantitative estimate of drug-likeness (QED) is 0.365. The minimum atomic E-state index is -4.69. The Labute approximate surface area is 223 Å². The van der Waals surface area contributed by atoms with Crippen molar-refractivity contribution in [2.75, 3.05) is 26.2 Å². The Hall–Kier alpha value is -3.37. The molecular weight excluding hydrogens is 524 g/mol. The molecule has 0 aliphatic carbocycles. The summed E-state index contributed by atoms with van der Waals surface area (Å²) in [5.41, 5.74) is 0.124. The summed E-state index contributed by atoms with van der Waals surface area (Å²) < 4.78 is 57.7. The summed E-state index contributed by atoms with van der Waals surface area (Å²) in [6.45, 7) is 2.36. The third kappa shape index (κ3) is 6.54. The van der Waals surface area contributed by atoms with Gasteiger partial charge in [0.1, 0.15) is 11.3 Å². The van der Waals surface area contributed by atoms with E-state index in [-0.39, 0.29) is 12.5 Å². The third-order valence-electron chi connectivity index (χ3n) is 6.26. The predicted molar refractivity (Wildman–Crippen MR) is 136 cm³/mol. The summed E-state index contributed by atoms with van der Waals surface area (Å²) in [5, 5.41) is 6.71. The van der Waals surface area contributed by atoms with Crippen LogP contribution in [0, 0.1) is 0 Å². The molecule has 3 aromatic rings. The topological polar surface area (TPSA) is 66.5 Å². The van der Waals surface area contributed by atoms with Crippen molar-refractivity contribution in [3.8, 4) is 5.75 Å². The lowest BCUT2D eigenvalue weighted by atomic mass is 9.80. The fraction of sp³-hybridized carbons (Fsp3) is 0.333. The molecule has 1 aliphatic heterocycles. The number of hydrogen-bond acceptors (Lipinski definition) is 4. The van der Waals surface area contributed by atoms with E-state index in [0.29, 0.717) is 35.9 Å². The lowest BCUT2D eigenvalue weighted by Crippen LogP contribution is -2.54. The van der Waals surface area contributed by atoms with E-state index < -0.39 is 23.8 Å². The Kier molecular flexibility index (Phi) is 8.73. The summed E-state index contributed by atoms with van der Waals surface area (Å²) in [7, 11) is 0. The second-order valence-electron chi connectivity index (χ2n) is 8.94. The molecule has 0 bridgehead atoms. The van der Waals surface area contributed by atoms with Gasteiger partial charge < -0.3 is 20.3 Å². The fourth-order valence-corrected chi connectivity index (χ4v) is 4.50. The number of rotatable bonds is 8. The van der Waals surface area contributed by atoms with Gasteiger partial charge in [0.25, 0.3) is 0 Å². The molecule has 2 aromatic carbocycles. The zero-order valence-electron chi connectivity index (χ0n) is 20.3. The number of nitrogens with zero attached hydrogens (tertiary/aromatic N) is 2. The number of urea groups is 1. The van der Waals surface area contributed by atoms with Crippen LogP contribution in [0.5, 0.6) is 5.75 Å². The number of pyridine rings is 1. The maximum atomic E-state index is 13.8. The van der Waals surface area contributed by atoms with Crippen LogP contribution in [0.25, 0.3) is 0 Å². The number of hydrogen-bond donors (Lipinski definition) is 2. The number of carbonyl (C=O) groups excluding carboxylic acids is 1. The van der Waals surface area contributed by atoms with Crippen LogP contribution in [-0.4, -0.2) is 54.6 Å². The van der Waals surface area contributed by atoms with Crippen molar-refractivity contribution in [3.63, 3.8) is 0 Å². The number of benzene rings is 2. The average molecular weight is 551 g/mol. The Balaban J connectivity index is 1.84. The summed E-state index contributed by atoms with van der Waals surface area (Å²) in [4.78, 5) is 19.8. The molecule has 38 heavy (non-hydrogen) atoms. The summed E-state index contributed by atoms with van der Waals surface area (Å²) >= 11 is 6.10. The van der Waals surface area contributed by atoms with E-state index in [1.807, 2.05) is 30.3 Å². The first kappa shape index (κ1) is 27.7. The Morgan fingerprint density at radius 3 is 2.58 bits per heavy atom. The smallest absolute Gasteiger partial charge is 0.428 e. The summed E-state index contributed by atoms with van der Waals surface area (Å²) in [5.74, 6) is -0.479. The van der Waals surface area contributed by atoms with Crippen LogP contribution in [0.4, 0.5) is 22.4 Å².